The first-order valence-corrected chi connectivity index (χ1v) is 7.67. The van der Waals surface area contributed by atoms with Gasteiger partial charge >= 0.3 is 0 Å². The lowest BCUT2D eigenvalue weighted by Crippen LogP contribution is -2.36. The monoisotopic (exact) mass is 304 g/mol. The molecule has 0 saturated carbocycles. The van der Waals surface area contributed by atoms with Crippen molar-refractivity contribution < 1.29 is 4.79 Å². The first kappa shape index (κ1) is 13.7. The molecule has 0 atom stereocenters. The van der Waals surface area contributed by atoms with Crippen LogP contribution in [0.2, 0.25) is 0 Å². The van der Waals surface area contributed by atoms with E-state index in [-0.39, 0.29) is 5.91 Å². The zero-order chi connectivity index (χ0) is 15.6. The molecule has 1 aromatic carbocycles. The maximum Gasteiger partial charge on any atom is 0.276 e. The standard InChI is InChI=1S/C18H16N4O/c23-18(22-10-3-5-14-4-1-2-6-17(14)22)16-12-15(7-8-20-16)21-11-9-19-13-21/h1-2,4,6-9,11-13H,3,5,10H2. The third-order valence-electron chi connectivity index (χ3n) is 4.12. The van der Waals surface area contributed by atoms with Crippen molar-refractivity contribution in [1.29, 1.82) is 0 Å². The van der Waals surface area contributed by atoms with Crippen LogP contribution in [0.5, 0.6) is 0 Å². The van der Waals surface area contributed by atoms with Crippen LogP contribution in [0.3, 0.4) is 0 Å². The second-order valence-corrected chi connectivity index (χ2v) is 5.56. The van der Waals surface area contributed by atoms with Crippen LogP contribution in [-0.4, -0.2) is 27.0 Å². The van der Waals surface area contributed by atoms with Crippen molar-refractivity contribution in [3.05, 3.63) is 72.6 Å². The second kappa shape index (κ2) is 5.68. The van der Waals surface area contributed by atoms with Gasteiger partial charge in [0.2, 0.25) is 0 Å². The molecule has 0 N–H and O–H groups in total. The Morgan fingerprint density at radius 1 is 1.13 bits per heavy atom. The molecule has 0 saturated heterocycles. The largest absolute Gasteiger partial charge is 0.307 e. The lowest BCUT2D eigenvalue weighted by molar-refractivity contribution is 0.0980. The van der Waals surface area contributed by atoms with Crippen LogP contribution < -0.4 is 4.90 Å². The van der Waals surface area contributed by atoms with E-state index in [1.54, 1.807) is 24.8 Å². The molecule has 23 heavy (non-hydrogen) atoms. The third-order valence-corrected chi connectivity index (χ3v) is 4.12. The average molecular weight is 304 g/mol. The van der Waals surface area contributed by atoms with Crippen LogP contribution in [-0.2, 0) is 6.42 Å². The van der Waals surface area contributed by atoms with Crippen LogP contribution in [0.4, 0.5) is 5.69 Å². The Hall–Kier alpha value is -2.95. The van der Waals surface area contributed by atoms with Gasteiger partial charge in [-0.2, -0.15) is 0 Å². The molecule has 0 aliphatic carbocycles. The fourth-order valence-corrected chi connectivity index (χ4v) is 2.99. The lowest BCUT2D eigenvalue weighted by atomic mass is 10.0. The van der Waals surface area contributed by atoms with Gasteiger partial charge in [-0.15, -0.1) is 0 Å². The van der Waals surface area contributed by atoms with Gasteiger partial charge in [0.15, 0.2) is 0 Å². The Labute approximate surface area is 134 Å². The molecule has 2 aromatic heterocycles. The molecule has 0 radical (unpaired) electrons. The van der Waals surface area contributed by atoms with E-state index < -0.39 is 0 Å². The first-order valence-electron chi connectivity index (χ1n) is 7.67. The molecule has 5 heteroatoms. The number of benzene rings is 1. The van der Waals surface area contributed by atoms with E-state index in [1.165, 1.54) is 5.56 Å². The maximum atomic E-state index is 12.9. The van der Waals surface area contributed by atoms with E-state index in [2.05, 4.69) is 16.0 Å². The summed E-state index contributed by atoms with van der Waals surface area (Å²) in [6.45, 7) is 0.729. The smallest absolute Gasteiger partial charge is 0.276 e. The van der Waals surface area contributed by atoms with E-state index in [0.29, 0.717) is 5.69 Å². The summed E-state index contributed by atoms with van der Waals surface area (Å²) in [7, 11) is 0. The fourth-order valence-electron chi connectivity index (χ4n) is 2.99. The van der Waals surface area contributed by atoms with E-state index in [0.717, 1.165) is 30.8 Å². The molecule has 3 heterocycles. The predicted molar refractivity (Wildman–Crippen MR) is 87.8 cm³/mol. The number of amides is 1. The summed E-state index contributed by atoms with van der Waals surface area (Å²) < 4.78 is 1.86. The molecule has 1 amide bonds. The Balaban J connectivity index is 1.69. The summed E-state index contributed by atoms with van der Waals surface area (Å²) in [6.07, 6.45) is 8.92. The molecule has 5 nitrogen and oxygen atoms in total. The molecule has 114 valence electrons. The highest BCUT2D eigenvalue weighted by Crippen LogP contribution is 2.28. The van der Waals surface area contributed by atoms with Gasteiger partial charge in [0, 0.05) is 30.8 Å². The maximum absolute atomic E-state index is 12.9. The van der Waals surface area contributed by atoms with Crippen LogP contribution in [0, 0.1) is 0 Å². The van der Waals surface area contributed by atoms with Gasteiger partial charge in [0.1, 0.15) is 5.69 Å². The van der Waals surface area contributed by atoms with Crippen molar-refractivity contribution >= 4 is 11.6 Å². The van der Waals surface area contributed by atoms with Crippen molar-refractivity contribution in [3.8, 4) is 5.69 Å². The summed E-state index contributed by atoms with van der Waals surface area (Å²) >= 11 is 0. The lowest BCUT2D eigenvalue weighted by Gasteiger charge is -2.29. The van der Waals surface area contributed by atoms with Gasteiger partial charge in [-0.25, -0.2) is 4.98 Å². The van der Waals surface area contributed by atoms with Crippen molar-refractivity contribution in [2.45, 2.75) is 12.8 Å². The Morgan fingerprint density at radius 2 is 2.04 bits per heavy atom. The minimum Gasteiger partial charge on any atom is -0.307 e. The molecule has 1 aliphatic rings. The van der Waals surface area contributed by atoms with Crippen LogP contribution in [0.15, 0.2) is 61.3 Å². The number of carbonyl (C=O) groups excluding carboxylic acids is 1. The number of carbonyl (C=O) groups is 1. The molecular weight excluding hydrogens is 288 g/mol. The second-order valence-electron chi connectivity index (χ2n) is 5.56. The summed E-state index contributed by atoms with van der Waals surface area (Å²) in [5.74, 6) is -0.0564. The van der Waals surface area contributed by atoms with E-state index in [1.807, 2.05) is 39.9 Å². The highest BCUT2D eigenvalue weighted by molar-refractivity contribution is 6.05. The number of pyridine rings is 1. The number of rotatable bonds is 2. The molecular formula is C18H16N4O. The van der Waals surface area contributed by atoms with E-state index in [4.69, 9.17) is 0 Å². The minimum absolute atomic E-state index is 0.0564. The van der Waals surface area contributed by atoms with Gasteiger partial charge in [-0.05, 0) is 36.6 Å². The number of aromatic nitrogens is 3. The number of para-hydroxylation sites is 1. The van der Waals surface area contributed by atoms with Gasteiger partial charge < -0.3 is 9.47 Å². The first-order chi connectivity index (χ1) is 11.3. The normalized spacial score (nSPS) is 13.7. The summed E-state index contributed by atoms with van der Waals surface area (Å²) in [5, 5.41) is 0. The topological polar surface area (TPSA) is 51.0 Å². The van der Waals surface area contributed by atoms with Crippen LogP contribution >= 0.6 is 0 Å². The number of fused-ring (bicyclic) bond motifs is 1. The molecule has 0 bridgehead atoms. The van der Waals surface area contributed by atoms with Gasteiger partial charge in [-0.3, -0.25) is 9.78 Å². The van der Waals surface area contributed by atoms with Crippen molar-refractivity contribution in [3.63, 3.8) is 0 Å². The van der Waals surface area contributed by atoms with Gasteiger partial charge in [-0.1, -0.05) is 18.2 Å². The number of imidazole rings is 1. The fraction of sp³-hybridized carbons (Fsp3) is 0.167. The number of nitrogens with zero attached hydrogens (tertiary/aromatic N) is 4. The van der Waals surface area contributed by atoms with E-state index in [9.17, 15) is 4.79 Å². The van der Waals surface area contributed by atoms with Gasteiger partial charge in [0.05, 0.1) is 12.0 Å². The molecule has 0 fully saturated rings. The highest BCUT2D eigenvalue weighted by atomic mass is 16.2. The Kier molecular flexibility index (Phi) is 3.38. The van der Waals surface area contributed by atoms with Crippen LogP contribution in [0.25, 0.3) is 5.69 Å². The van der Waals surface area contributed by atoms with E-state index >= 15 is 0 Å². The molecule has 0 spiro atoms. The highest BCUT2D eigenvalue weighted by Gasteiger charge is 2.24. The van der Waals surface area contributed by atoms with Crippen molar-refractivity contribution in [2.75, 3.05) is 11.4 Å². The number of hydrogen-bond acceptors (Lipinski definition) is 3. The SMILES string of the molecule is O=C(c1cc(-n2ccnc2)ccn1)N1CCCc2ccccc21. The molecule has 4 rings (SSSR count). The molecule has 0 unspecified atom stereocenters. The zero-order valence-corrected chi connectivity index (χ0v) is 12.6. The van der Waals surface area contributed by atoms with Crippen LogP contribution in [0.1, 0.15) is 22.5 Å². The quantitative estimate of drug-likeness (QED) is 0.731. The minimum atomic E-state index is -0.0564. The third kappa shape index (κ3) is 2.50. The Bertz CT molecular complexity index is 842. The molecule has 3 aromatic rings. The predicted octanol–water partition coefficient (Wildman–Crippen LogP) is 2.86. The number of hydrogen-bond donors (Lipinski definition) is 0. The Morgan fingerprint density at radius 3 is 2.91 bits per heavy atom. The average Bonchev–Trinajstić information content (AvgIpc) is 3.15. The van der Waals surface area contributed by atoms with Crippen molar-refractivity contribution in [1.82, 2.24) is 14.5 Å². The zero-order valence-electron chi connectivity index (χ0n) is 12.6. The molecule has 1 aliphatic heterocycles. The summed E-state index contributed by atoms with van der Waals surface area (Å²) in [4.78, 5) is 23.1. The number of aryl methyl sites for hydroxylation is 1. The van der Waals surface area contributed by atoms with Gasteiger partial charge in [0.25, 0.3) is 5.91 Å². The number of anilines is 1. The summed E-state index contributed by atoms with van der Waals surface area (Å²) in [5.41, 5.74) is 3.55. The summed E-state index contributed by atoms with van der Waals surface area (Å²) in [6, 6.07) is 11.8. The van der Waals surface area contributed by atoms with Crippen molar-refractivity contribution in [2.24, 2.45) is 0 Å².